The van der Waals surface area contributed by atoms with Crippen LogP contribution in [-0.2, 0) is 4.79 Å². The normalized spacial score (nSPS) is 28.3. The van der Waals surface area contributed by atoms with E-state index in [2.05, 4.69) is 18.9 Å². The highest BCUT2D eigenvalue weighted by molar-refractivity contribution is 5.83. The van der Waals surface area contributed by atoms with E-state index in [1.165, 1.54) is 0 Å². The second-order valence-electron chi connectivity index (χ2n) is 6.20. The SMILES string of the molecule is CCC1CN(C)CCCN1C(=O)N1CCCCC1C(=O)O. The number of amides is 2. The molecule has 2 atom stereocenters. The molecule has 0 saturated carbocycles. The van der Waals surface area contributed by atoms with Crippen LogP contribution < -0.4 is 0 Å². The van der Waals surface area contributed by atoms with Crippen molar-refractivity contribution in [3.8, 4) is 0 Å². The number of piperidine rings is 1. The van der Waals surface area contributed by atoms with Gasteiger partial charge in [0.25, 0.3) is 0 Å². The summed E-state index contributed by atoms with van der Waals surface area (Å²) in [6, 6.07) is -0.546. The van der Waals surface area contributed by atoms with Crippen molar-refractivity contribution in [2.45, 2.75) is 51.1 Å². The van der Waals surface area contributed by atoms with E-state index in [0.29, 0.717) is 13.0 Å². The molecule has 0 aromatic heterocycles. The van der Waals surface area contributed by atoms with Crippen LogP contribution in [0.1, 0.15) is 39.0 Å². The molecule has 1 N–H and O–H groups in total. The van der Waals surface area contributed by atoms with E-state index in [0.717, 1.165) is 45.3 Å². The van der Waals surface area contributed by atoms with Crippen molar-refractivity contribution in [1.29, 1.82) is 0 Å². The number of carboxylic acids is 1. The summed E-state index contributed by atoms with van der Waals surface area (Å²) in [5.74, 6) is -0.872. The third-order valence-electron chi connectivity index (χ3n) is 4.65. The lowest BCUT2D eigenvalue weighted by Crippen LogP contribution is -2.56. The van der Waals surface area contributed by atoms with Crippen molar-refractivity contribution in [1.82, 2.24) is 14.7 Å². The van der Waals surface area contributed by atoms with E-state index in [1.54, 1.807) is 4.90 Å². The lowest BCUT2D eigenvalue weighted by atomic mass is 10.0. The molecule has 120 valence electrons. The van der Waals surface area contributed by atoms with E-state index in [4.69, 9.17) is 0 Å². The fourth-order valence-electron chi connectivity index (χ4n) is 3.43. The van der Waals surface area contributed by atoms with Gasteiger partial charge in [0.2, 0.25) is 0 Å². The van der Waals surface area contributed by atoms with E-state index in [9.17, 15) is 14.7 Å². The Hall–Kier alpha value is -1.30. The summed E-state index contributed by atoms with van der Waals surface area (Å²) in [6.45, 7) is 5.24. The van der Waals surface area contributed by atoms with Gasteiger partial charge in [-0.25, -0.2) is 9.59 Å². The minimum atomic E-state index is -0.872. The van der Waals surface area contributed by atoms with Crippen LogP contribution >= 0.6 is 0 Å². The number of urea groups is 1. The van der Waals surface area contributed by atoms with E-state index in [-0.39, 0.29) is 12.1 Å². The number of carboxylic acid groups (broad SMARTS) is 1. The van der Waals surface area contributed by atoms with Gasteiger partial charge in [0, 0.05) is 25.7 Å². The minimum absolute atomic E-state index is 0.0794. The van der Waals surface area contributed by atoms with E-state index < -0.39 is 12.0 Å². The molecule has 2 saturated heterocycles. The number of carbonyl (C=O) groups excluding carboxylic acids is 1. The van der Waals surface area contributed by atoms with Crippen molar-refractivity contribution < 1.29 is 14.7 Å². The fraction of sp³-hybridized carbons (Fsp3) is 0.867. The van der Waals surface area contributed by atoms with Gasteiger partial charge in [-0.15, -0.1) is 0 Å². The highest BCUT2D eigenvalue weighted by Crippen LogP contribution is 2.22. The molecule has 2 fully saturated rings. The van der Waals surface area contributed by atoms with Crippen LogP contribution in [0.25, 0.3) is 0 Å². The third-order valence-corrected chi connectivity index (χ3v) is 4.65. The molecule has 0 aliphatic carbocycles. The molecule has 2 aliphatic rings. The Labute approximate surface area is 126 Å². The largest absolute Gasteiger partial charge is 0.480 e. The zero-order valence-electron chi connectivity index (χ0n) is 13.1. The lowest BCUT2D eigenvalue weighted by Gasteiger charge is -2.39. The highest BCUT2D eigenvalue weighted by Gasteiger charge is 2.36. The first-order valence-electron chi connectivity index (χ1n) is 8.03. The molecule has 0 aromatic rings. The zero-order chi connectivity index (χ0) is 15.4. The van der Waals surface area contributed by atoms with Crippen LogP contribution in [0.4, 0.5) is 4.79 Å². The lowest BCUT2D eigenvalue weighted by molar-refractivity contribution is -0.143. The number of hydrogen-bond donors (Lipinski definition) is 1. The summed E-state index contributed by atoms with van der Waals surface area (Å²) in [4.78, 5) is 30.0. The van der Waals surface area contributed by atoms with Crippen LogP contribution in [0.2, 0.25) is 0 Å². The molecular weight excluding hydrogens is 270 g/mol. The molecule has 2 amide bonds. The molecule has 2 rings (SSSR count). The van der Waals surface area contributed by atoms with Crippen LogP contribution in [-0.4, -0.2) is 77.1 Å². The first kappa shape index (κ1) is 16.1. The molecule has 21 heavy (non-hydrogen) atoms. The maximum Gasteiger partial charge on any atom is 0.326 e. The zero-order valence-corrected chi connectivity index (χ0v) is 13.1. The second kappa shape index (κ2) is 7.11. The number of carbonyl (C=O) groups is 2. The van der Waals surface area contributed by atoms with Crippen molar-refractivity contribution in [3.63, 3.8) is 0 Å². The van der Waals surface area contributed by atoms with Gasteiger partial charge in [-0.1, -0.05) is 6.92 Å². The molecule has 0 radical (unpaired) electrons. The number of nitrogens with zero attached hydrogens (tertiary/aromatic N) is 3. The molecule has 0 bridgehead atoms. The van der Waals surface area contributed by atoms with Gasteiger partial charge in [-0.05, 0) is 45.7 Å². The maximum atomic E-state index is 12.9. The van der Waals surface area contributed by atoms with Crippen molar-refractivity contribution in [3.05, 3.63) is 0 Å². The first-order chi connectivity index (χ1) is 10.0. The molecule has 0 aromatic carbocycles. The topological polar surface area (TPSA) is 64.1 Å². The summed E-state index contributed by atoms with van der Waals surface area (Å²) in [7, 11) is 2.08. The number of likely N-dealkylation sites (N-methyl/N-ethyl adjacent to an activating group) is 1. The number of likely N-dealkylation sites (tertiary alicyclic amines) is 1. The number of aliphatic carboxylic acids is 1. The van der Waals surface area contributed by atoms with Gasteiger partial charge in [0.15, 0.2) is 0 Å². The molecule has 6 heteroatoms. The van der Waals surface area contributed by atoms with Crippen LogP contribution in [0.3, 0.4) is 0 Å². The summed E-state index contributed by atoms with van der Waals surface area (Å²) in [5.41, 5.74) is 0. The Balaban J connectivity index is 2.13. The van der Waals surface area contributed by atoms with Gasteiger partial charge in [0.05, 0.1) is 0 Å². The molecule has 0 spiro atoms. The first-order valence-corrected chi connectivity index (χ1v) is 8.03. The van der Waals surface area contributed by atoms with Gasteiger partial charge in [-0.3, -0.25) is 0 Å². The summed E-state index contributed by atoms with van der Waals surface area (Å²) in [5, 5.41) is 9.36. The quantitative estimate of drug-likeness (QED) is 0.838. The minimum Gasteiger partial charge on any atom is -0.480 e. The summed E-state index contributed by atoms with van der Waals surface area (Å²) >= 11 is 0. The molecular formula is C15H27N3O3. The van der Waals surface area contributed by atoms with Gasteiger partial charge in [-0.2, -0.15) is 0 Å². The van der Waals surface area contributed by atoms with E-state index >= 15 is 0 Å². The second-order valence-corrected chi connectivity index (χ2v) is 6.20. The van der Waals surface area contributed by atoms with Crippen molar-refractivity contribution in [2.24, 2.45) is 0 Å². The summed E-state index contributed by atoms with van der Waals surface area (Å²) in [6.07, 6.45) is 4.22. The Morgan fingerprint density at radius 1 is 1.10 bits per heavy atom. The predicted octanol–water partition coefficient (Wildman–Crippen LogP) is 1.46. The number of rotatable bonds is 2. The fourth-order valence-corrected chi connectivity index (χ4v) is 3.43. The Bertz CT molecular complexity index is 388. The Morgan fingerprint density at radius 2 is 1.81 bits per heavy atom. The third kappa shape index (κ3) is 3.67. The van der Waals surface area contributed by atoms with Gasteiger partial charge in [0.1, 0.15) is 6.04 Å². The van der Waals surface area contributed by atoms with Crippen molar-refractivity contribution >= 4 is 12.0 Å². The average molecular weight is 297 g/mol. The molecule has 2 aliphatic heterocycles. The average Bonchev–Trinajstić information content (AvgIpc) is 2.67. The summed E-state index contributed by atoms with van der Waals surface area (Å²) < 4.78 is 0. The molecule has 2 heterocycles. The predicted molar refractivity (Wildman–Crippen MR) is 80.3 cm³/mol. The monoisotopic (exact) mass is 297 g/mol. The van der Waals surface area contributed by atoms with Crippen LogP contribution in [0, 0.1) is 0 Å². The Kier molecular flexibility index (Phi) is 5.45. The maximum absolute atomic E-state index is 12.9. The van der Waals surface area contributed by atoms with Crippen LogP contribution in [0.15, 0.2) is 0 Å². The Morgan fingerprint density at radius 3 is 2.48 bits per heavy atom. The number of hydrogen-bond acceptors (Lipinski definition) is 3. The van der Waals surface area contributed by atoms with Crippen LogP contribution in [0.5, 0.6) is 0 Å². The molecule has 6 nitrogen and oxygen atoms in total. The highest BCUT2D eigenvalue weighted by atomic mass is 16.4. The standard InChI is InChI=1S/C15H27N3O3/c1-3-12-11-16(2)8-6-10-17(12)15(21)18-9-5-4-7-13(18)14(19)20/h12-13H,3-11H2,1-2H3,(H,19,20). The van der Waals surface area contributed by atoms with E-state index in [1.807, 2.05) is 4.90 Å². The molecule has 2 unspecified atom stereocenters. The van der Waals surface area contributed by atoms with Crippen molar-refractivity contribution in [2.75, 3.05) is 33.2 Å². The van der Waals surface area contributed by atoms with Gasteiger partial charge >= 0.3 is 12.0 Å². The smallest absolute Gasteiger partial charge is 0.326 e. The van der Waals surface area contributed by atoms with Gasteiger partial charge < -0.3 is 19.8 Å².